The van der Waals surface area contributed by atoms with Gasteiger partial charge in [0.1, 0.15) is 17.1 Å². The highest BCUT2D eigenvalue weighted by atomic mass is 32.2. The Bertz CT molecular complexity index is 509. The van der Waals surface area contributed by atoms with Crippen LogP contribution in [-0.4, -0.2) is 43.1 Å². The number of hydrogen-bond acceptors (Lipinski definition) is 6. The van der Waals surface area contributed by atoms with Gasteiger partial charge in [-0.2, -0.15) is 11.8 Å². The summed E-state index contributed by atoms with van der Waals surface area (Å²) in [7, 11) is 1.32. The first kappa shape index (κ1) is 15.9. The van der Waals surface area contributed by atoms with E-state index in [1.54, 1.807) is 13.0 Å². The van der Waals surface area contributed by atoms with Crippen molar-refractivity contribution < 1.29 is 18.7 Å². The average molecular weight is 312 g/mol. The second-order valence-electron chi connectivity index (χ2n) is 4.88. The van der Waals surface area contributed by atoms with Crippen molar-refractivity contribution in [2.45, 2.75) is 25.9 Å². The molecule has 0 spiro atoms. The summed E-state index contributed by atoms with van der Waals surface area (Å²) in [6.07, 6.45) is 0.455. The third kappa shape index (κ3) is 4.50. The third-order valence-corrected chi connectivity index (χ3v) is 4.40. The Morgan fingerprint density at radius 3 is 3.05 bits per heavy atom. The van der Waals surface area contributed by atoms with Gasteiger partial charge in [-0.25, -0.2) is 4.79 Å². The molecule has 0 radical (unpaired) electrons. The first-order valence-electron chi connectivity index (χ1n) is 6.85. The van der Waals surface area contributed by atoms with E-state index in [1.165, 1.54) is 7.11 Å². The lowest BCUT2D eigenvalue weighted by molar-refractivity contribution is -0.121. The molecule has 1 unspecified atom stereocenters. The van der Waals surface area contributed by atoms with Crippen LogP contribution in [0.15, 0.2) is 10.5 Å². The number of carbonyl (C=O) groups excluding carboxylic acids is 2. The topological polar surface area (TPSA) is 80.6 Å². The number of thioether (sulfide) groups is 1. The van der Waals surface area contributed by atoms with Gasteiger partial charge >= 0.3 is 5.97 Å². The Labute approximate surface area is 128 Å². The molecule has 1 atom stereocenters. The van der Waals surface area contributed by atoms with Crippen molar-refractivity contribution in [1.82, 2.24) is 10.6 Å². The van der Waals surface area contributed by atoms with Gasteiger partial charge in [-0.3, -0.25) is 4.79 Å². The Morgan fingerprint density at radius 2 is 2.38 bits per heavy atom. The van der Waals surface area contributed by atoms with Gasteiger partial charge in [0.25, 0.3) is 0 Å². The van der Waals surface area contributed by atoms with Crippen LogP contribution in [0, 0.1) is 6.92 Å². The molecule has 0 aromatic carbocycles. The molecule has 1 saturated heterocycles. The largest absolute Gasteiger partial charge is 0.465 e. The quantitative estimate of drug-likeness (QED) is 0.792. The SMILES string of the molecule is COC(=O)c1cc(CNC(=O)CC2CSCCN2)oc1C. The molecule has 2 N–H and O–H groups in total. The van der Waals surface area contributed by atoms with Gasteiger partial charge < -0.3 is 19.8 Å². The van der Waals surface area contributed by atoms with Crippen molar-refractivity contribution in [2.75, 3.05) is 25.2 Å². The number of carbonyl (C=O) groups is 2. The lowest BCUT2D eigenvalue weighted by atomic mass is 10.2. The first-order valence-corrected chi connectivity index (χ1v) is 8.01. The number of furan rings is 1. The molecule has 7 heteroatoms. The highest BCUT2D eigenvalue weighted by molar-refractivity contribution is 7.99. The summed E-state index contributed by atoms with van der Waals surface area (Å²) in [5, 5.41) is 6.13. The van der Waals surface area contributed by atoms with Gasteiger partial charge in [-0.05, 0) is 13.0 Å². The molecule has 0 saturated carbocycles. The van der Waals surface area contributed by atoms with Gasteiger partial charge in [-0.15, -0.1) is 0 Å². The van der Waals surface area contributed by atoms with Gasteiger partial charge in [0.2, 0.25) is 5.91 Å². The number of nitrogens with one attached hydrogen (secondary N) is 2. The maximum Gasteiger partial charge on any atom is 0.341 e. The fourth-order valence-electron chi connectivity index (χ4n) is 2.18. The zero-order valence-corrected chi connectivity index (χ0v) is 13.0. The maximum absolute atomic E-state index is 11.9. The van der Waals surface area contributed by atoms with E-state index in [-0.39, 0.29) is 18.5 Å². The zero-order valence-electron chi connectivity index (χ0n) is 12.2. The molecule has 6 nitrogen and oxygen atoms in total. The molecule has 116 valence electrons. The first-order chi connectivity index (χ1) is 10.1. The lowest BCUT2D eigenvalue weighted by Gasteiger charge is -2.22. The summed E-state index contributed by atoms with van der Waals surface area (Å²) in [6.45, 7) is 2.92. The third-order valence-electron chi connectivity index (χ3n) is 3.26. The van der Waals surface area contributed by atoms with E-state index in [4.69, 9.17) is 4.42 Å². The Balaban J connectivity index is 1.82. The molecule has 1 aromatic rings. The average Bonchev–Trinajstić information content (AvgIpc) is 2.86. The monoisotopic (exact) mass is 312 g/mol. The molecular weight excluding hydrogens is 292 g/mol. The summed E-state index contributed by atoms with van der Waals surface area (Å²) in [5.41, 5.74) is 0.395. The molecule has 2 rings (SSSR count). The van der Waals surface area contributed by atoms with Crippen LogP contribution >= 0.6 is 11.8 Å². The summed E-state index contributed by atoms with van der Waals surface area (Å²) in [4.78, 5) is 23.3. The molecular formula is C14H20N2O4S. The van der Waals surface area contributed by atoms with Crippen LogP contribution in [0.5, 0.6) is 0 Å². The molecule has 1 aliphatic rings. The van der Waals surface area contributed by atoms with Crippen molar-refractivity contribution in [3.8, 4) is 0 Å². The van der Waals surface area contributed by atoms with Crippen LogP contribution in [0.3, 0.4) is 0 Å². The predicted octanol–water partition coefficient (Wildman–Crippen LogP) is 1.09. The van der Waals surface area contributed by atoms with Gasteiger partial charge in [0.15, 0.2) is 0 Å². The van der Waals surface area contributed by atoms with Crippen LogP contribution in [0.2, 0.25) is 0 Å². The van der Waals surface area contributed by atoms with E-state index in [0.717, 1.165) is 18.1 Å². The van der Waals surface area contributed by atoms with E-state index in [1.807, 2.05) is 11.8 Å². The fourth-order valence-corrected chi connectivity index (χ4v) is 3.12. The van der Waals surface area contributed by atoms with Gasteiger partial charge in [-0.1, -0.05) is 0 Å². The summed E-state index contributed by atoms with van der Waals surface area (Å²) >= 11 is 1.86. The normalized spacial score (nSPS) is 18.3. The standard InChI is InChI=1S/C14H20N2O4S/c1-9-12(14(18)19-2)6-11(20-9)7-16-13(17)5-10-8-21-4-3-15-10/h6,10,15H,3-5,7-8H2,1-2H3,(H,16,17). The van der Waals surface area contributed by atoms with Crippen molar-refractivity contribution in [2.24, 2.45) is 0 Å². The highest BCUT2D eigenvalue weighted by Crippen LogP contribution is 2.15. The minimum Gasteiger partial charge on any atom is -0.465 e. The maximum atomic E-state index is 11.9. The molecule has 1 amide bonds. The van der Waals surface area contributed by atoms with Crippen LogP contribution in [0.4, 0.5) is 0 Å². The van der Waals surface area contributed by atoms with Crippen LogP contribution < -0.4 is 10.6 Å². The molecule has 0 bridgehead atoms. The summed E-state index contributed by atoms with van der Waals surface area (Å²) in [5.74, 6) is 2.64. The van der Waals surface area contributed by atoms with Crippen LogP contribution in [-0.2, 0) is 16.1 Å². The van der Waals surface area contributed by atoms with Gasteiger partial charge in [0, 0.05) is 30.5 Å². The lowest BCUT2D eigenvalue weighted by Crippen LogP contribution is -2.41. The van der Waals surface area contributed by atoms with Crippen molar-refractivity contribution in [3.05, 3.63) is 23.2 Å². The van der Waals surface area contributed by atoms with Gasteiger partial charge in [0.05, 0.1) is 13.7 Å². The minimum atomic E-state index is -0.433. The van der Waals surface area contributed by atoms with E-state index in [2.05, 4.69) is 15.4 Å². The number of hydrogen-bond donors (Lipinski definition) is 2. The summed E-state index contributed by atoms with van der Waals surface area (Å²) < 4.78 is 10.1. The Hall–Kier alpha value is -1.47. The fraction of sp³-hybridized carbons (Fsp3) is 0.571. The smallest absolute Gasteiger partial charge is 0.341 e. The van der Waals surface area contributed by atoms with Crippen molar-refractivity contribution >= 4 is 23.6 Å². The second kappa shape index (κ2) is 7.51. The number of amides is 1. The van der Waals surface area contributed by atoms with E-state index in [0.29, 0.717) is 23.5 Å². The number of aryl methyl sites for hydroxylation is 1. The molecule has 1 aromatic heterocycles. The summed E-state index contributed by atoms with van der Waals surface area (Å²) in [6, 6.07) is 1.84. The van der Waals surface area contributed by atoms with E-state index >= 15 is 0 Å². The van der Waals surface area contributed by atoms with Crippen LogP contribution in [0.25, 0.3) is 0 Å². The van der Waals surface area contributed by atoms with E-state index < -0.39 is 5.97 Å². The Morgan fingerprint density at radius 1 is 1.57 bits per heavy atom. The van der Waals surface area contributed by atoms with Crippen LogP contribution in [0.1, 0.15) is 28.3 Å². The molecule has 0 aliphatic carbocycles. The molecule has 1 fully saturated rings. The predicted molar refractivity (Wildman–Crippen MR) is 80.4 cm³/mol. The second-order valence-corrected chi connectivity index (χ2v) is 6.03. The molecule has 1 aliphatic heterocycles. The highest BCUT2D eigenvalue weighted by Gasteiger charge is 2.18. The van der Waals surface area contributed by atoms with Crippen molar-refractivity contribution in [3.63, 3.8) is 0 Å². The molecule has 21 heavy (non-hydrogen) atoms. The number of methoxy groups -OCH3 is 1. The number of ether oxygens (including phenoxy) is 1. The zero-order chi connectivity index (χ0) is 15.2. The number of rotatable bonds is 5. The minimum absolute atomic E-state index is 0.0244. The number of esters is 1. The molecule has 2 heterocycles. The van der Waals surface area contributed by atoms with Crippen molar-refractivity contribution in [1.29, 1.82) is 0 Å². The van der Waals surface area contributed by atoms with E-state index in [9.17, 15) is 9.59 Å². The Kier molecular flexibility index (Phi) is 5.69.